The van der Waals surface area contributed by atoms with Crippen molar-refractivity contribution in [1.29, 1.82) is 0 Å². The van der Waals surface area contributed by atoms with Crippen LogP contribution in [0.2, 0.25) is 0 Å². The highest BCUT2D eigenvalue weighted by Crippen LogP contribution is 2.22. The number of carbonyl (C=O) groups is 1. The summed E-state index contributed by atoms with van der Waals surface area (Å²) in [6.07, 6.45) is 4.33. The number of benzene rings is 1. The zero-order chi connectivity index (χ0) is 17.9. The van der Waals surface area contributed by atoms with Gasteiger partial charge in [0.15, 0.2) is 5.76 Å². The summed E-state index contributed by atoms with van der Waals surface area (Å²) in [6.45, 7) is 3.18. The molecule has 0 bridgehead atoms. The van der Waals surface area contributed by atoms with Crippen molar-refractivity contribution in [3.05, 3.63) is 54.6 Å². The second-order valence-electron chi connectivity index (χ2n) is 5.81. The molecule has 132 valence electrons. The quantitative estimate of drug-likeness (QED) is 0.573. The highest BCUT2D eigenvalue weighted by molar-refractivity contribution is 5.91. The SMILES string of the molecule is CCCn1cnc2cc(-c3noc(CNC(=O)c4ccco4)n3)ccc21. The fourth-order valence-electron chi connectivity index (χ4n) is 2.72. The van der Waals surface area contributed by atoms with Crippen molar-refractivity contribution in [3.63, 3.8) is 0 Å². The normalized spacial score (nSPS) is 11.1. The molecular formula is C18H17N5O3. The number of fused-ring (bicyclic) bond motifs is 1. The first-order valence-electron chi connectivity index (χ1n) is 8.34. The molecule has 0 fully saturated rings. The van der Waals surface area contributed by atoms with Gasteiger partial charge in [-0.25, -0.2) is 4.98 Å². The Morgan fingerprint density at radius 2 is 2.23 bits per heavy atom. The van der Waals surface area contributed by atoms with Crippen LogP contribution >= 0.6 is 0 Å². The summed E-state index contributed by atoms with van der Waals surface area (Å²) in [4.78, 5) is 20.6. The Hall–Kier alpha value is -3.42. The molecule has 0 aliphatic heterocycles. The molecule has 1 N–H and O–H groups in total. The minimum absolute atomic E-state index is 0.125. The number of imidazole rings is 1. The second-order valence-corrected chi connectivity index (χ2v) is 5.81. The molecule has 0 unspecified atom stereocenters. The number of nitrogens with one attached hydrogen (secondary N) is 1. The standard InChI is InChI=1S/C18H17N5O3/c1-2-7-23-11-20-13-9-12(5-6-14(13)23)17-21-16(26-22-17)10-19-18(24)15-4-3-8-25-15/h3-6,8-9,11H,2,7,10H2,1H3,(H,19,24). The third kappa shape index (κ3) is 3.08. The van der Waals surface area contributed by atoms with Gasteiger partial charge in [0.25, 0.3) is 5.91 Å². The molecule has 0 spiro atoms. The van der Waals surface area contributed by atoms with E-state index in [9.17, 15) is 4.79 Å². The van der Waals surface area contributed by atoms with Crippen molar-refractivity contribution >= 4 is 16.9 Å². The fourth-order valence-corrected chi connectivity index (χ4v) is 2.72. The van der Waals surface area contributed by atoms with E-state index in [1.165, 1.54) is 6.26 Å². The molecule has 1 aromatic carbocycles. The van der Waals surface area contributed by atoms with Crippen molar-refractivity contribution < 1.29 is 13.7 Å². The molecular weight excluding hydrogens is 334 g/mol. The van der Waals surface area contributed by atoms with E-state index in [0.717, 1.165) is 29.6 Å². The van der Waals surface area contributed by atoms with Gasteiger partial charge >= 0.3 is 0 Å². The molecule has 8 heteroatoms. The van der Waals surface area contributed by atoms with Crippen LogP contribution in [-0.4, -0.2) is 25.6 Å². The Bertz CT molecular complexity index is 1030. The highest BCUT2D eigenvalue weighted by Gasteiger charge is 2.13. The van der Waals surface area contributed by atoms with Gasteiger partial charge in [0.2, 0.25) is 11.7 Å². The number of nitrogens with zero attached hydrogens (tertiary/aromatic N) is 4. The number of furan rings is 1. The van der Waals surface area contributed by atoms with Gasteiger partial charge in [-0.05, 0) is 36.8 Å². The first kappa shape index (κ1) is 16.1. The molecule has 3 heterocycles. The molecule has 0 atom stereocenters. The summed E-state index contributed by atoms with van der Waals surface area (Å²) in [5.74, 6) is 0.672. The van der Waals surface area contributed by atoms with Gasteiger partial charge in [0.05, 0.1) is 30.2 Å². The zero-order valence-electron chi connectivity index (χ0n) is 14.2. The molecule has 4 aromatic rings. The Morgan fingerprint density at radius 1 is 1.31 bits per heavy atom. The molecule has 0 saturated heterocycles. The lowest BCUT2D eigenvalue weighted by Crippen LogP contribution is -2.22. The lowest BCUT2D eigenvalue weighted by atomic mass is 10.2. The second kappa shape index (κ2) is 6.83. The average Bonchev–Trinajstić information content (AvgIpc) is 3.40. The topological polar surface area (TPSA) is 99.0 Å². The summed E-state index contributed by atoms with van der Waals surface area (Å²) in [6, 6.07) is 9.10. The fraction of sp³-hybridized carbons (Fsp3) is 0.222. The van der Waals surface area contributed by atoms with E-state index in [4.69, 9.17) is 8.94 Å². The number of hydrogen-bond donors (Lipinski definition) is 1. The maximum atomic E-state index is 11.9. The monoisotopic (exact) mass is 351 g/mol. The van der Waals surface area contributed by atoms with Crippen LogP contribution in [0.15, 0.2) is 51.9 Å². The van der Waals surface area contributed by atoms with Crippen LogP contribution in [0.1, 0.15) is 29.8 Å². The molecule has 0 radical (unpaired) electrons. The predicted octanol–water partition coefficient (Wildman–Crippen LogP) is 3.02. The van der Waals surface area contributed by atoms with E-state index in [-0.39, 0.29) is 18.2 Å². The minimum atomic E-state index is -0.336. The molecule has 8 nitrogen and oxygen atoms in total. The maximum Gasteiger partial charge on any atom is 0.287 e. The van der Waals surface area contributed by atoms with Crippen LogP contribution < -0.4 is 5.32 Å². The number of aryl methyl sites for hydroxylation is 1. The predicted molar refractivity (Wildman–Crippen MR) is 93.2 cm³/mol. The van der Waals surface area contributed by atoms with Crippen LogP contribution in [0.5, 0.6) is 0 Å². The van der Waals surface area contributed by atoms with E-state index >= 15 is 0 Å². The molecule has 1 amide bonds. The molecule has 0 aliphatic rings. The summed E-state index contributed by atoms with van der Waals surface area (Å²) in [7, 11) is 0. The van der Waals surface area contributed by atoms with Gasteiger partial charge in [-0.2, -0.15) is 4.98 Å². The van der Waals surface area contributed by atoms with E-state index in [2.05, 4.69) is 31.9 Å². The summed E-state index contributed by atoms with van der Waals surface area (Å²) in [5.41, 5.74) is 2.77. The first-order valence-corrected chi connectivity index (χ1v) is 8.34. The Labute approximate surface area is 148 Å². The van der Waals surface area contributed by atoms with Crippen LogP contribution in [0, 0.1) is 0 Å². The van der Waals surface area contributed by atoms with Crippen LogP contribution in [0.4, 0.5) is 0 Å². The van der Waals surface area contributed by atoms with E-state index in [1.807, 2.05) is 24.5 Å². The third-order valence-electron chi connectivity index (χ3n) is 3.96. The molecule has 4 rings (SSSR count). The van der Waals surface area contributed by atoms with Gasteiger partial charge in [-0.3, -0.25) is 4.79 Å². The molecule has 0 saturated carbocycles. The zero-order valence-corrected chi connectivity index (χ0v) is 14.2. The molecule has 26 heavy (non-hydrogen) atoms. The van der Waals surface area contributed by atoms with Crippen LogP contribution in [-0.2, 0) is 13.1 Å². The van der Waals surface area contributed by atoms with Crippen molar-refractivity contribution in [2.75, 3.05) is 0 Å². The lowest BCUT2D eigenvalue weighted by Gasteiger charge is -2.01. The van der Waals surface area contributed by atoms with Crippen molar-refractivity contribution in [2.24, 2.45) is 0 Å². The molecule has 3 aromatic heterocycles. The number of rotatable bonds is 6. The Kier molecular flexibility index (Phi) is 4.22. The number of aromatic nitrogens is 4. The van der Waals surface area contributed by atoms with E-state index in [1.54, 1.807) is 12.1 Å². The summed E-state index contributed by atoms with van der Waals surface area (Å²) >= 11 is 0. The largest absolute Gasteiger partial charge is 0.459 e. The summed E-state index contributed by atoms with van der Waals surface area (Å²) < 4.78 is 12.4. The summed E-state index contributed by atoms with van der Waals surface area (Å²) in [5, 5.41) is 6.65. The first-order chi connectivity index (χ1) is 12.7. The van der Waals surface area contributed by atoms with Crippen LogP contribution in [0.25, 0.3) is 22.4 Å². The smallest absolute Gasteiger partial charge is 0.287 e. The number of carbonyl (C=O) groups excluding carboxylic acids is 1. The highest BCUT2D eigenvalue weighted by atomic mass is 16.5. The van der Waals surface area contributed by atoms with Gasteiger partial charge in [-0.15, -0.1) is 0 Å². The Balaban J connectivity index is 1.49. The van der Waals surface area contributed by atoms with Gasteiger partial charge in [-0.1, -0.05) is 12.1 Å². The lowest BCUT2D eigenvalue weighted by molar-refractivity contribution is 0.0918. The minimum Gasteiger partial charge on any atom is -0.459 e. The van der Waals surface area contributed by atoms with Gasteiger partial charge < -0.3 is 18.8 Å². The van der Waals surface area contributed by atoms with E-state index in [0.29, 0.717) is 11.7 Å². The van der Waals surface area contributed by atoms with Gasteiger partial charge in [0.1, 0.15) is 0 Å². The van der Waals surface area contributed by atoms with E-state index < -0.39 is 0 Å². The number of amides is 1. The third-order valence-corrected chi connectivity index (χ3v) is 3.96. The average molecular weight is 351 g/mol. The van der Waals surface area contributed by atoms with Gasteiger partial charge in [0, 0.05) is 12.1 Å². The molecule has 0 aliphatic carbocycles. The van der Waals surface area contributed by atoms with Crippen molar-refractivity contribution in [2.45, 2.75) is 26.4 Å². The maximum absolute atomic E-state index is 11.9. The van der Waals surface area contributed by atoms with Crippen molar-refractivity contribution in [3.8, 4) is 11.4 Å². The number of hydrogen-bond acceptors (Lipinski definition) is 6. The Morgan fingerprint density at radius 3 is 3.04 bits per heavy atom. The van der Waals surface area contributed by atoms with Crippen LogP contribution in [0.3, 0.4) is 0 Å². The van der Waals surface area contributed by atoms with Crippen molar-refractivity contribution in [1.82, 2.24) is 25.0 Å².